The topological polar surface area (TPSA) is 110 Å². The van der Waals surface area contributed by atoms with Crippen LogP contribution < -0.4 is 15.6 Å². The number of aryl methyl sites for hydroxylation is 1. The van der Waals surface area contributed by atoms with E-state index in [1.807, 2.05) is 31.2 Å². The van der Waals surface area contributed by atoms with E-state index >= 15 is 0 Å². The van der Waals surface area contributed by atoms with Crippen molar-refractivity contribution in [2.45, 2.75) is 13.5 Å². The van der Waals surface area contributed by atoms with E-state index in [0.29, 0.717) is 11.4 Å². The Hall–Kier alpha value is -3.46. The van der Waals surface area contributed by atoms with E-state index in [9.17, 15) is 18.0 Å². The van der Waals surface area contributed by atoms with Gasteiger partial charge in [-0.25, -0.2) is 13.1 Å². The summed E-state index contributed by atoms with van der Waals surface area (Å²) in [5.74, 6) is -0.515. The maximum atomic E-state index is 12.5. The van der Waals surface area contributed by atoms with Crippen LogP contribution in [-0.2, 0) is 16.6 Å². The highest BCUT2D eigenvalue weighted by Gasteiger charge is 2.11. The molecule has 150 valence electrons. The first kappa shape index (κ1) is 20.3. The molecule has 0 atom stereocenters. The van der Waals surface area contributed by atoms with Crippen LogP contribution in [0.5, 0.6) is 0 Å². The fraction of sp³-hybridized carbons (Fsp3) is 0.150. The van der Waals surface area contributed by atoms with Crippen molar-refractivity contribution >= 4 is 27.3 Å². The number of benzene rings is 2. The molecule has 0 aliphatic carbocycles. The molecule has 1 heterocycles. The lowest BCUT2D eigenvalue weighted by Crippen LogP contribution is -2.26. The van der Waals surface area contributed by atoms with Crippen LogP contribution in [0.4, 0.5) is 11.4 Å². The number of anilines is 2. The van der Waals surface area contributed by atoms with Gasteiger partial charge in [-0.05, 0) is 36.8 Å². The number of nitrogens with zero attached hydrogens (tertiary/aromatic N) is 2. The molecule has 9 heteroatoms. The molecule has 8 nitrogen and oxygen atoms in total. The number of nitrogens with one attached hydrogen (secondary N) is 2. The first-order valence-electron chi connectivity index (χ1n) is 8.72. The molecular weight excluding hydrogens is 392 g/mol. The number of hydrogen-bond donors (Lipinski definition) is 2. The summed E-state index contributed by atoms with van der Waals surface area (Å²) in [6, 6.07) is 16.6. The molecule has 0 unspecified atom stereocenters. The van der Waals surface area contributed by atoms with Crippen molar-refractivity contribution in [3.63, 3.8) is 0 Å². The van der Waals surface area contributed by atoms with Crippen LogP contribution >= 0.6 is 0 Å². The molecule has 2 N–H and O–H groups in total. The smallest absolute Gasteiger partial charge is 0.276 e. The lowest BCUT2D eigenvalue weighted by Gasteiger charge is -2.10. The highest BCUT2D eigenvalue weighted by atomic mass is 32.2. The number of carbonyl (C=O) groups is 1. The zero-order valence-corrected chi connectivity index (χ0v) is 16.7. The number of hydrogen-bond acceptors (Lipinski definition) is 5. The summed E-state index contributed by atoms with van der Waals surface area (Å²) in [5, 5.41) is 6.80. The molecule has 0 fully saturated rings. The van der Waals surface area contributed by atoms with Gasteiger partial charge in [0.05, 0.1) is 18.5 Å². The highest BCUT2D eigenvalue weighted by Crippen LogP contribution is 2.16. The second-order valence-electron chi connectivity index (χ2n) is 6.61. The van der Waals surface area contributed by atoms with Crippen molar-refractivity contribution in [3.8, 4) is 0 Å². The SMILES string of the molecule is Cc1ccc(Cn2nc(C(=O)Nc3cccc(NS(C)(=O)=O)c3)ccc2=O)cc1. The van der Waals surface area contributed by atoms with Gasteiger partial charge in [0.2, 0.25) is 10.0 Å². The summed E-state index contributed by atoms with van der Waals surface area (Å²) in [7, 11) is -3.43. The summed E-state index contributed by atoms with van der Waals surface area (Å²) in [6.45, 7) is 2.22. The molecule has 0 spiro atoms. The molecule has 0 saturated heterocycles. The number of sulfonamides is 1. The van der Waals surface area contributed by atoms with Gasteiger partial charge in [-0.2, -0.15) is 5.10 Å². The second kappa shape index (κ2) is 8.27. The van der Waals surface area contributed by atoms with Gasteiger partial charge in [-0.1, -0.05) is 35.9 Å². The van der Waals surface area contributed by atoms with Crippen LogP contribution in [0.15, 0.2) is 65.5 Å². The van der Waals surface area contributed by atoms with Gasteiger partial charge in [-0.15, -0.1) is 0 Å². The summed E-state index contributed by atoms with van der Waals surface area (Å²) >= 11 is 0. The van der Waals surface area contributed by atoms with Crippen LogP contribution in [0.1, 0.15) is 21.6 Å². The van der Waals surface area contributed by atoms with Gasteiger partial charge in [-0.3, -0.25) is 14.3 Å². The number of carbonyl (C=O) groups excluding carboxylic acids is 1. The summed E-state index contributed by atoms with van der Waals surface area (Å²) < 4.78 is 26.3. The molecule has 1 aromatic heterocycles. The Kier molecular flexibility index (Phi) is 5.79. The van der Waals surface area contributed by atoms with Crippen molar-refractivity contribution in [1.82, 2.24) is 9.78 Å². The van der Waals surface area contributed by atoms with Crippen molar-refractivity contribution in [1.29, 1.82) is 0 Å². The van der Waals surface area contributed by atoms with Crippen molar-refractivity contribution in [2.24, 2.45) is 0 Å². The molecule has 0 aliphatic heterocycles. The Bertz CT molecular complexity index is 1200. The lowest BCUT2D eigenvalue weighted by molar-refractivity contribution is 0.102. The molecule has 0 saturated carbocycles. The highest BCUT2D eigenvalue weighted by molar-refractivity contribution is 7.92. The molecule has 0 aliphatic rings. The van der Waals surface area contributed by atoms with Gasteiger partial charge in [0, 0.05) is 11.8 Å². The van der Waals surface area contributed by atoms with Crippen LogP contribution in [0.2, 0.25) is 0 Å². The Balaban J connectivity index is 1.78. The predicted molar refractivity (Wildman–Crippen MR) is 112 cm³/mol. The molecular formula is C20H20N4O4S. The average Bonchev–Trinajstić information content (AvgIpc) is 2.64. The third-order valence-corrected chi connectivity index (χ3v) is 4.58. The Morgan fingerprint density at radius 2 is 1.72 bits per heavy atom. The number of aromatic nitrogens is 2. The fourth-order valence-corrected chi connectivity index (χ4v) is 3.17. The van der Waals surface area contributed by atoms with E-state index < -0.39 is 15.9 Å². The normalized spacial score (nSPS) is 11.1. The minimum Gasteiger partial charge on any atom is -0.321 e. The Labute approximate surface area is 168 Å². The number of rotatable bonds is 6. The summed E-state index contributed by atoms with van der Waals surface area (Å²) in [5.41, 5.74) is 2.46. The van der Waals surface area contributed by atoms with E-state index in [4.69, 9.17) is 0 Å². The van der Waals surface area contributed by atoms with Crippen LogP contribution in [-0.4, -0.2) is 30.4 Å². The second-order valence-corrected chi connectivity index (χ2v) is 8.36. The van der Waals surface area contributed by atoms with E-state index in [1.165, 1.54) is 22.9 Å². The third kappa shape index (κ3) is 5.76. The first-order valence-corrected chi connectivity index (χ1v) is 10.6. The monoisotopic (exact) mass is 412 g/mol. The maximum absolute atomic E-state index is 12.5. The van der Waals surface area contributed by atoms with E-state index in [-0.39, 0.29) is 17.8 Å². The minimum absolute atomic E-state index is 0.0678. The fourth-order valence-electron chi connectivity index (χ4n) is 2.62. The molecule has 3 rings (SSSR count). The average molecular weight is 412 g/mol. The van der Waals surface area contributed by atoms with E-state index in [1.54, 1.807) is 18.2 Å². The summed E-state index contributed by atoms with van der Waals surface area (Å²) in [6.07, 6.45) is 1.04. The molecule has 2 aromatic carbocycles. The van der Waals surface area contributed by atoms with Crippen molar-refractivity contribution in [3.05, 3.63) is 87.8 Å². The molecule has 1 amide bonds. The van der Waals surface area contributed by atoms with Gasteiger partial charge in [0.25, 0.3) is 11.5 Å². The molecule has 29 heavy (non-hydrogen) atoms. The zero-order valence-electron chi connectivity index (χ0n) is 15.9. The Morgan fingerprint density at radius 3 is 2.41 bits per heavy atom. The van der Waals surface area contributed by atoms with E-state index in [2.05, 4.69) is 15.1 Å². The van der Waals surface area contributed by atoms with Crippen molar-refractivity contribution < 1.29 is 13.2 Å². The zero-order chi connectivity index (χ0) is 21.0. The standard InChI is InChI=1S/C20H20N4O4S/c1-14-6-8-15(9-7-14)13-24-19(25)11-10-18(22-24)20(26)21-16-4-3-5-17(12-16)23-29(2,27)28/h3-12,23H,13H2,1-2H3,(H,21,26). The third-order valence-electron chi connectivity index (χ3n) is 3.98. The Morgan fingerprint density at radius 1 is 1.03 bits per heavy atom. The summed E-state index contributed by atoms with van der Waals surface area (Å²) in [4.78, 5) is 24.6. The van der Waals surface area contributed by atoms with Gasteiger partial charge < -0.3 is 5.32 Å². The van der Waals surface area contributed by atoms with Crippen LogP contribution in [0, 0.1) is 6.92 Å². The van der Waals surface area contributed by atoms with Crippen LogP contribution in [0.25, 0.3) is 0 Å². The largest absolute Gasteiger partial charge is 0.321 e. The molecule has 0 radical (unpaired) electrons. The quantitative estimate of drug-likeness (QED) is 0.645. The van der Waals surface area contributed by atoms with Crippen molar-refractivity contribution in [2.75, 3.05) is 16.3 Å². The molecule has 3 aromatic rings. The van der Waals surface area contributed by atoms with Gasteiger partial charge in [0.1, 0.15) is 5.69 Å². The van der Waals surface area contributed by atoms with Gasteiger partial charge in [0.15, 0.2) is 0 Å². The minimum atomic E-state index is -3.43. The van der Waals surface area contributed by atoms with Gasteiger partial charge >= 0.3 is 0 Å². The van der Waals surface area contributed by atoms with Crippen LogP contribution in [0.3, 0.4) is 0 Å². The number of amides is 1. The van der Waals surface area contributed by atoms with E-state index in [0.717, 1.165) is 17.4 Å². The molecule has 0 bridgehead atoms. The first-order chi connectivity index (χ1) is 13.7. The maximum Gasteiger partial charge on any atom is 0.276 e. The lowest BCUT2D eigenvalue weighted by atomic mass is 10.1. The predicted octanol–water partition coefficient (Wildman–Crippen LogP) is 2.22.